The lowest BCUT2D eigenvalue weighted by molar-refractivity contribution is 0.0629. The molecule has 8 nitrogen and oxygen atoms in total. The number of amides is 1. The summed E-state index contributed by atoms with van der Waals surface area (Å²) in [6, 6.07) is 16.0. The number of aromatic nitrogens is 3. The van der Waals surface area contributed by atoms with Gasteiger partial charge in [-0.3, -0.25) is 4.79 Å². The van der Waals surface area contributed by atoms with Crippen molar-refractivity contribution in [1.29, 1.82) is 0 Å². The Morgan fingerprint density at radius 3 is 2.26 bits per heavy atom. The summed E-state index contributed by atoms with van der Waals surface area (Å²) < 4.78 is 28.5. The first-order valence-electron chi connectivity index (χ1n) is 11.7. The summed E-state index contributed by atoms with van der Waals surface area (Å²) in [5, 5.41) is 13.1. The molecule has 1 saturated carbocycles. The molecule has 35 heavy (non-hydrogen) atoms. The van der Waals surface area contributed by atoms with Crippen LogP contribution in [0.2, 0.25) is 5.02 Å². The van der Waals surface area contributed by atoms with E-state index in [1.807, 2.05) is 23.1 Å². The Bertz CT molecular complexity index is 1600. The maximum absolute atomic E-state index is 13.4. The molecule has 0 spiro atoms. The van der Waals surface area contributed by atoms with Gasteiger partial charge in [0, 0.05) is 36.8 Å². The van der Waals surface area contributed by atoms with E-state index in [1.165, 1.54) is 0 Å². The van der Waals surface area contributed by atoms with E-state index >= 15 is 0 Å². The molecule has 0 bridgehead atoms. The molecule has 2 saturated heterocycles. The van der Waals surface area contributed by atoms with Gasteiger partial charge in [0.15, 0.2) is 0 Å². The lowest BCUT2D eigenvalue weighted by Gasteiger charge is -2.42. The first-order chi connectivity index (χ1) is 16.9. The summed E-state index contributed by atoms with van der Waals surface area (Å²) in [7, 11) is -3.58. The molecule has 3 heterocycles. The van der Waals surface area contributed by atoms with Crippen LogP contribution in [0.5, 0.6) is 0 Å². The average molecular weight is 508 g/mol. The van der Waals surface area contributed by atoms with Gasteiger partial charge < -0.3 is 4.90 Å². The number of carbonyl (C=O) groups is 1. The molecule has 3 aromatic carbocycles. The quantitative estimate of drug-likeness (QED) is 0.458. The van der Waals surface area contributed by atoms with Gasteiger partial charge in [-0.05, 0) is 76.9 Å². The Hall–Kier alpha value is -3.01. The van der Waals surface area contributed by atoms with Gasteiger partial charge in [-0.25, -0.2) is 8.42 Å². The number of likely N-dealkylation sites (tertiary alicyclic amines) is 1. The van der Waals surface area contributed by atoms with Crippen molar-refractivity contribution in [3.63, 3.8) is 0 Å². The van der Waals surface area contributed by atoms with E-state index in [-0.39, 0.29) is 5.91 Å². The third-order valence-corrected chi connectivity index (χ3v) is 10.2. The van der Waals surface area contributed by atoms with Crippen molar-refractivity contribution in [2.45, 2.75) is 4.90 Å². The predicted octanol–water partition coefficient (Wildman–Crippen LogP) is 3.40. The SMILES string of the molecule is O=C(c1ccc2n[nH]nc2c1)N1CC2[C@H](C1)[C@H]1CN(S(=O)(=O)c3ccc4cc(Cl)ccc4c3)C[C@@H]21. The van der Waals surface area contributed by atoms with Crippen LogP contribution in [0.4, 0.5) is 0 Å². The van der Waals surface area contributed by atoms with Crippen LogP contribution in [-0.2, 0) is 10.0 Å². The van der Waals surface area contributed by atoms with Crippen LogP contribution in [0.3, 0.4) is 0 Å². The van der Waals surface area contributed by atoms with Crippen molar-refractivity contribution in [3.05, 3.63) is 65.2 Å². The van der Waals surface area contributed by atoms with Crippen LogP contribution >= 0.6 is 11.6 Å². The number of halogens is 1. The van der Waals surface area contributed by atoms with Crippen LogP contribution in [0.1, 0.15) is 10.4 Å². The molecule has 7 rings (SSSR count). The summed E-state index contributed by atoms with van der Waals surface area (Å²) in [6.45, 7) is 2.37. The summed E-state index contributed by atoms with van der Waals surface area (Å²) >= 11 is 6.06. The Morgan fingerprint density at radius 2 is 1.49 bits per heavy atom. The van der Waals surface area contributed by atoms with Crippen molar-refractivity contribution >= 4 is 49.3 Å². The van der Waals surface area contributed by atoms with E-state index in [0.717, 1.165) is 16.3 Å². The molecular weight excluding hydrogens is 486 g/mol. The summed E-state index contributed by atoms with van der Waals surface area (Å²) in [5.74, 6) is 1.29. The minimum atomic E-state index is -3.58. The summed E-state index contributed by atoms with van der Waals surface area (Å²) in [6.07, 6.45) is 0. The average Bonchev–Trinajstić information content (AvgIpc) is 3.57. The fourth-order valence-electron chi connectivity index (χ4n) is 6.36. The number of sulfonamides is 1. The van der Waals surface area contributed by atoms with Gasteiger partial charge in [0.05, 0.1) is 4.90 Å². The topological polar surface area (TPSA) is 99.3 Å². The minimum Gasteiger partial charge on any atom is -0.338 e. The van der Waals surface area contributed by atoms with Gasteiger partial charge in [0.1, 0.15) is 11.0 Å². The Balaban J connectivity index is 1.07. The zero-order valence-electron chi connectivity index (χ0n) is 18.6. The molecule has 1 N–H and O–H groups in total. The molecule has 3 aliphatic rings. The predicted molar refractivity (Wildman–Crippen MR) is 131 cm³/mol. The van der Waals surface area contributed by atoms with Crippen LogP contribution in [0, 0.1) is 23.7 Å². The smallest absolute Gasteiger partial charge is 0.253 e. The van der Waals surface area contributed by atoms with Crippen LogP contribution in [0.15, 0.2) is 59.5 Å². The van der Waals surface area contributed by atoms with Crippen molar-refractivity contribution in [1.82, 2.24) is 24.6 Å². The molecule has 1 aliphatic carbocycles. The minimum absolute atomic E-state index is 0.00289. The number of carbonyl (C=O) groups excluding carboxylic acids is 1. The molecule has 4 atom stereocenters. The monoisotopic (exact) mass is 507 g/mol. The van der Waals surface area contributed by atoms with Gasteiger partial charge in [-0.15, -0.1) is 0 Å². The highest BCUT2D eigenvalue weighted by Crippen LogP contribution is 2.55. The first-order valence-corrected chi connectivity index (χ1v) is 13.5. The zero-order chi connectivity index (χ0) is 23.9. The molecule has 10 heteroatoms. The summed E-state index contributed by atoms with van der Waals surface area (Å²) in [5.41, 5.74) is 2.02. The molecule has 3 fully saturated rings. The van der Waals surface area contributed by atoms with Gasteiger partial charge in [0.25, 0.3) is 5.91 Å². The molecule has 178 valence electrons. The van der Waals surface area contributed by atoms with E-state index in [1.54, 1.807) is 40.7 Å². The zero-order valence-corrected chi connectivity index (χ0v) is 20.2. The lowest BCUT2D eigenvalue weighted by Crippen LogP contribution is -2.44. The fraction of sp³-hybridized carbons (Fsp3) is 0.320. The molecule has 1 aromatic heterocycles. The first kappa shape index (κ1) is 21.3. The number of H-pyrrole nitrogens is 1. The highest BCUT2D eigenvalue weighted by molar-refractivity contribution is 7.89. The fourth-order valence-corrected chi connectivity index (χ4v) is 8.09. The molecule has 0 radical (unpaired) electrons. The van der Waals surface area contributed by atoms with E-state index in [4.69, 9.17) is 11.6 Å². The second kappa shape index (κ2) is 7.49. The number of hydrogen-bond acceptors (Lipinski definition) is 5. The van der Waals surface area contributed by atoms with E-state index in [0.29, 0.717) is 70.8 Å². The number of benzene rings is 3. The Kier molecular flexibility index (Phi) is 4.56. The largest absolute Gasteiger partial charge is 0.338 e. The third-order valence-electron chi connectivity index (χ3n) is 8.15. The van der Waals surface area contributed by atoms with Crippen LogP contribution in [0.25, 0.3) is 21.8 Å². The summed E-state index contributed by atoms with van der Waals surface area (Å²) in [4.78, 5) is 15.4. The normalized spacial score (nSPS) is 26.1. The molecule has 1 unspecified atom stereocenters. The lowest BCUT2D eigenvalue weighted by atomic mass is 9.60. The van der Waals surface area contributed by atoms with E-state index in [9.17, 15) is 13.2 Å². The van der Waals surface area contributed by atoms with Gasteiger partial charge >= 0.3 is 0 Å². The van der Waals surface area contributed by atoms with Gasteiger partial charge in [-0.2, -0.15) is 19.7 Å². The Labute approximate surface area is 206 Å². The second-order valence-corrected chi connectivity index (χ2v) is 12.2. The molecule has 1 amide bonds. The highest BCUT2D eigenvalue weighted by atomic mass is 35.5. The highest BCUT2D eigenvalue weighted by Gasteiger charge is 2.60. The Morgan fingerprint density at radius 1 is 0.829 bits per heavy atom. The number of rotatable bonds is 3. The van der Waals surface area contributed by atoms with Crippen LogP contribution < -0.4 is 0 Å². The molecule has 2 aliphatic heterocycles. The van der Waals surface area contributed by atoms with Crippen molar-refractivity contribution < 1.29 is 13.2 Å². The van der Waals surface area contributed by atoms with Crippen LogP contribution in [-0.4, -0.2) is 65.1 Å². The number of nitrogens with zero attached hydrogens (tertiary/aromatic N) is 4. The maximum atomic E-state index is 13.4. The third kappa shape index (κ3) is 3.22. The number of fused-ring (bicyclic) bond motifs is 6. The van der Waals surface area contributed by atoms with E-state index in [2.05, 4.69) is 15.4 Å². The van der Waals surface area contributed by atoms with Gasteiger partial charge in [-0.1, -0.05) is 23.7 Å². The molecule has 4 aromatic rings. The second-order valence-electron chi connectivity index (χ2n) is 9.87. The molecular formula is C25H22ClN5O3S. The van der Waals surface area contributed by atoms with Crippen molar-refractivity contribution in [3.8, 4) is 0 Å². The standard InChI is InChI=1S/C25H22ClN5O3S/c26-17-4-1-15-8-18(5-2-14(15)7-17)35(33,34)31-12-21-19-10-30(11-20(19)22(21)13-31)25(32)16-3-6-23-24(9-16)28-29-27-23/h1-9,19-22H,10-13H2,(H,27,28,29)/t19-,20?,21+,22-/m0/s1. The number of nitrogens with one attached hydrogen (secondary N) is 1. The maximum Gasteiger partial charge on any atom is 0.253 e. The number of aromatic amines is 1. The number of hydrogen-bond donors (Lipinski definition) is 1. The van der Waals surface area contributed by atoms with Crippen molar-refractivity contribution in [2.24, 2.45) is 23.7 Å². The van der Waals surface area contributed by atoms with Crippen molar-refractivity contribution in [2.75, 3.05) is 26.2 Å². The van der Waals surface area contributed by atoms with Gasteiger partial charge in [0.2, 0.25) is 10.0 Å². The van der Waals surface area contributed by atoms with E-state index < -0.39 is 10.0 Å².